The molecule has 70 valence electrons. The first-order chi connectivity index (χ1) is 6.15. The van der Waals surface area contributed by atoms with Gasteiger partial charge in [0.1, 0.15) is 6.29 Å². The van der Waals surface area contributed by atoms with E-state index in [1.165, 1.54) is 4.57 Å². The van der Waals surface area contributed by atoms with Crippen LogP contribution in [-0.4, -0.2) is 10.9 Å². The molecule has 0 unspecified atom stereocenters. The Morgan fingerprint density at radius 2 is 2.15 bits per heavy atom. The van der Waals surface area contributed by atoms with E-state index in [9.17, 15) is 9.59 Å². The van der Waals surface area contributed by atoms with Gasteiger partial charge in [0.2, 0.25) is 0 Å². The van der Waals surface area contributed by atoms with Crippen molar-refractivity contribution in [3.05, 3.63) is 31.6 Å². The van der Waals surface area contributed by atoms with Gasteiger partial charge in [0.25, 0.3) is 5.56 Å². The maximum absolute atomic E-state index is 11.4. The zero-order valence-corrected chi connectivity index (χ0v) is 9.84. The van der Waals surface area contributed by atoms with E-state index in [1.807, 2.05) is 0 Å². The molecule has 0 amide bonds. The molecule has 13 heavy (non-hydrogen) atoms. The van der Waals surface area contributed by atoms with Crippen LogP contribution in [0.2, 0.25) is 0 Å². The number of rotatable bonds is 3. The number of hydrogen-bond acceptors (Lipinski definition) is 2. The summed E-state index contributed by atoms with van der Waals surface area (Å²) in [6, 6.07) is 1.68. The Morgan fingerprint density at radius 1 is 1.46 bits per heavy atom. The van der Waals surface area contributed by atoms with E-state index in [-0.39, 0.29) is 5.56 Å². The van der Waals surface area contributed by atoms with Crippen molar-refractivity contribution in [1.82, 2.24) is 4.57 Å². The first-order valence-electron chi connectivity index (χ1n) is 3.64. The molecular formula is C8H7Br2NO2. The SMILES string of the molecule is O=CCCn1cc(Br)cc(Br)c1=O. The molecule has 0 saturated carbocycles. The van der Waals surface area contributed by atoms with Crippen molar-refractivity contribution < 1.29 is 4.79 Å². The standard InChI is InChI=1S/C8H7Br2NO2/c9-6-4-7(10)8(13)11(5-6)2-1-3-12/h3-5H,1-2H2. The van der Waals surface area contributed by atoms with Gasteiger partial charge in [-0.2, -0.15) is 0 Å². The van der Waals surface area contributed by atoms with Gasteiger partial charge in [-0.05, 0) is 37.9 Å². The van der Waals surface area contributed by atoms with Crippen molar-refractivity contribution in [2.75, 3.05) is 0 Å². The summed E-state index contributed by atoms with van der Waals surface area (Å²) in [5.74, 6) is 0. The number of aryl methyl sites for hydroxylation is 1. The van der Waals surface area contributed by atoms with Gasteiger partial charge >= 0.3 is 0 Å². The Kier molecular flexibility index (Phi) is 3.87. The molecule has 0 radical (unpaired) electrons. The highest BCUT2D eigenvalue weighted by molar-refractivity contribution is 9.11. The molecule has 0 bridgehead atoms. The van der Waals surface area contributed by atoms with Crippen LogP contribution in [0.4, 0.5) is 0 Å². The maximum Gasteiger partial charge on any atom is 0.264 e. The van der Waals surface area contributed by atoms with Crippen molar-refractivity contribution in [1.29, 1.82) is 0 Å². The molecule has 1 rings (SSSR count). The van der Waals surface area contributed by atoms with Crippen molar-refractivity contribution in [3.8, 4) is 0 Å². The van der Waals surface area contributed by atoms with Gasteiger partial charge in [0, 0.05) is 23.6 Å². The third-order valence-corrected chi connectivity index (χ3v) is 2.50. The van der Waals surface area contributed by atoms with Gasteiger partial charge in [-0.3, -0.25) is 4.79 Å². The van der Waals surface area contributed by atoms with Crippen molar-refractivity contribution >= 4 is 38.1 Å². The molecule has 0 aliphatic carbocycles. The zero-order valence-electron chi connectivity index (χ0n) is 6.67. The van der Waals surface area contributed by atoms with Crippen LogP contribution < -0.4 is 5.56 Å². The highest BCUT2D eigenvalue weighted by Crippen LogP contribution is 2.12. The van der Waals surface area contributed by atoms with Crippen LogP contribution in [0.15, 0.2) is 26.0 Å². The van der Waals surface area contributed by atoms with Crippen LogP contribution in [0.25, 0.3) is 0 Å². The van der Waals surface area contributed by atoms with E-state index in [1.54, 1.807) is 12.3 Å². The molecule has 1 aromatic heterocycles. The lowest BCUT2D eigenvalue weighted by Crippen LogP contribution is -2.20. The Balaban J connectivity index is 3.05. The second kappa shape index (κ2) is 4.72. The average Bonchev–Trinajstić information content (AvgIpc) is 2.09. The molecule has 1 heterocycles. The number of carbonyl (C=O) groups is 1. The van der Waals surface area contributed by atoms with Crippen LogP contribution >= 0.6 is 31.9 Å². The lowest BCUT2D eigenvalue weighted by atomic mass is 10.4. The smallest absolute Gasteiger partial charge is 0.264 e. The topological polar surface area (TPSA) is 39.1 Å². The normalized spacial score (nSPS) is 10.0. The summed E-state index contributed by atoms with van der Waals surface area (Å²) in [6.07, 6.45) is 2.81. The van der Waals surface area contributed by atoms with E-state index < -0.39 is 0 Å². The van der Waals surface area contributed by atoms with E-state index in [0.29, 0.717) is 17.4 Å². The number of halogens is 2. The Morgan fingerprint density at radius 3 is 2.77 bits per heavy atom. The third-order valence-electron chi connectivity index (χ3n) is 1.50. The minimum absolute atomic E-state index is 0.120. The van der Waals surface area contributed by atoms with Crippen molar-refractivity contribution in [2.45, 2.75) is 13.0 Å². The molecule has 3 nitrogen and oxygen atoms in total. The number of carbonyl (C=O) groups excluding carboxylic acids is 1. The summed E-state index contributed by atoms with van der Waals surface area (Å²) in [5, 5.41) is 0. The Bertz CT molecular complexity index is 373. The quantitative estimate of drug-likeness (QED) is 0.801. The number of pyridine rings is 1. The number of hydrogen-bond donors (Lipinski definition) is 0. The van der Waals surface area contributed by atoms with Crippen LogP contribution in [0.3, 0.4) is 0 Å². The van der Waals surface area contributed by atoms with Gasteiger partial charge in [-0.15, -0.1) is 0 Å². The van der Waals surface area contributed by atoms with E-state index in [2.05, 4.69) is 31.9 Å². The summed E-state index contributed by atoms with van der Waals surface area (Å²) >= 11 is 6.40. The monoisotopic (exact) mass is 307 g/mol. The third kappa shape index (κ3) is 2.77. The molecule has 5 heteroatoms. The van der Waals surface area contributed by atoms with Crippen molar-refractivity contribution in [2.24, 2.45) is 0 Å². The van der Waals surface area contributed by atoms with Gasteiger partial charge < -0.3 is 9.36 Å². The number of aromatic nitrogens is 1. The fourth-order valence-corrected chi connectivity index (χ4v) is 2.18. The van der Waals surface area contributed by atoms with Crippen LogP contribution in [0.1, 0.15) is 6.42 Å². The van der Waals surface area contributed by atoms with Crippen LogP contribution in [-0.2, 0) is 11.3 Å². The molecule has 0 atom stereocenters. The number of nitrogens with zero attached hydrogens (tertiary/aromatic N) is 1. The molecule has 0 aliphatic heterocycles. The maximum atomic E-state index is 11.4. The number of aldehydes is 1. The lowest BCUT2D eigenvalue weighted by molar-refractivity contribution is -0.108. The second-order valence-corrected chi connectivity index (χ2v) is 4.23. The van der Waals surface area contributed by atoms with E-state index >= 15 is 0 Å². The molecule has 1 aromatic rings. The first-order valence-corrected chi connectivity index (χ1v) is 5.23. The largest absolute Gasteiger partial charge is 0.313 e. The summed E-state index contributed by atoms with van der Waals surface area (Å²) < 4.78 is 2.79. The van der Waals surface area contributed by atoms with Crippen LogP contribution in [0.5, 0.6) is 0 Å². The predicted molar refractivity (Wildman–Crippen MR) is 56.8 cm³/mol. The van der Waals surface area contributed by atoms with Gasteiger partial charge in [0.05, 0.1) is 4.47 Å². The molecule has 0 spiro atoms. The van der Waals surface area contributed by atoms with Crippen LogP contribution in [0, 0.1) is 0 Å². The summed E-state index contributed by atoms with van der Waals surface area (Å²) in [5.41, 5.74) is -0.120. The minimum atomic E-state index is -0.120. The van der Waals surface area contributed by atoms with E-state index in [4.69, 9.17) is 0 Å². The summed E-state index contributed by atoms with van der Waals surface area (Å²) in [4.78, 5) is 21.5. The van der Waals surface area contributed by atoms with Gasteiger partial charge in [0.15, 0.2) is 0 Å². The highest BCUT2D eigenvalue weighted by atomic mass is 79.9. The zero-order chi connectivity index (χ0) is 9.84. The molecule has 0 saturated heterocycles. The average molecular weight is 309 g/mol. The Hall–Kier alpha value is -0.420. The summed E-state index contributed by atoms with van der Waals surface area (Å²) in [7, 11) is 0. The molecule has 0 N–H and O–H groups in total. The fraction of sp³-hybridized carbons (Fsp3) is 0.250. The first kappa shape index (κ1) is 10.7. The molecule has 0 aromatic carbocycles. The lowest BCUT2D eigenvalue weighted by Gasteiger charge is -2.03. The highest BCUT2D eigenvalue weighted by Gasteiger charge is 2.01. The van der Waals surface area contributed by atoms with Crippen molar-refractivity contribution in [3.63, 3.8) is 0 Å². The Labute approximate surface area is 92.0 Å². The molecule has 0 fully saturated rings. The van der Waals surface area contributed by atoms with Gasteiger partial charge in [-0.25, -0.2) is 0 Å². The fourth-order valence-electron chi connectivity index (χ4n) is 0.923. The van der Waals surface area contributed by atoms with E-state index in [0.717, 1.165) is 10.8 Å². The van der Waals surface area contributed by atoms with Gasteiger partial charge in [-0.1, -0.05) is 0 Å². The second-order valence-electron chi connectivity index (χ2n) is 2.46. The molecule has 0 aliphatic rings. The summed E-state index contributed by atoms with van der Waals surface area (Å²) in [6.45, 7) is 0.417. The molecular weight excluding hydrogens is 302 g/mol. The minimum Gasteiger partial charge on any atom is -0.313 e. The predicted octanol–water partition coefficient (Wildman–Crippen LogP) is 1.96.